The fourth-order valence-corrected chi connectivity index (χ4v) is 0.882. The summed E-state index contributed by atoms with van der Waals surface area (Å²) in [7, 11) is -4.67. The van der Waals surface area contributed by atoms with Crippen LogP contribution in [-0.4, -0.2) is 44.6 Å². The molecule has 0 radical (unpaired) electrons. The first-order chi connectivity index (χ1) is 5.74. The molecule has 0 spiro atoms. The van der Waals surface area contributed by atoms with E-state index in [4.69, 9.17) is 20.0 Å². The average molecular weight is 214 g/mol. The van der Waals surface area contributed by atoms with Crippen LogP contribution in [0.1, 0.15) is 6.92 Å². The van der Waals surface area contributed by atoms with Crippen molar-refractivity contribution < 1.29 is 33.9 Å². The smallest absolute Gasteiger partial charge is 0.388 e. The number of hydrogen-bond acceptors (Lipinski definition) is 5. The molecule has 4 N–H and O–H groups in total. The first-order valence-corrected chi connectivity index (χ1v) is 4.83. The molecule has 0 saturated carbocycles. The number of hydrogen-bond donors (Lipinski definition) is 4. The normalized spacial score (nSPS) is 16.7. The van der Waals surface area contributed by atoms with Crippen LogP contribution in [0.2, 0.25) is 0 Å². The van der Waals surface area contributed by atoms with E-state index in [-0.39, 0.29) is 0 Å². The minimum Gasteiger partial charge on any atom is -0.388 e. The van der Waals surface area contributed by atoms with Crippen LogP contribution in [0.4, 0.5) is 0 Å². The van der Waals surface area contributed by atoms with Crippen LogP contribution >= 0.6 is 7.82 Å². The van der Waals surface area contributed by atoms with Gasteiger partial charge in [0, 0.05) is 0 Å². The monoisotopic (exact) mass is 214 g/mol. The quantitative estimate of drug-likeness (QED) is 0.406. The van der Waals surface area contributed by atoms with Gasteiger partial charge in [0.15, 0.2) is 5.78 Å². The van der Waals surface area contributed by atoms with Gasteiger partial charge in [0.25, 0.3) is 0 Å². The maximum Gasteiger partial charge on any atom is 0.469 e. The Labute approximate surface area is 74.2 Å². The molecule has 13 heavy (non-hydrogen) atoms. The van der Waals surface area contributed by atoms with E-state index in [1.165, 1.54) is 0 Å². The summed E-state index contributed by atoms with van der Waals surface area (Å²) in [6, 6.07) is 0. The highest BCUT2D eigenvalue weighted by Crippen LogP contribution is 2.35. The summed E-state index contributed by atoms with van der Waals surface area (Å²) in [6.07, 6.45) is -3.32. The Morgan fingerprint density at radius 3 is 2.23 bits per heavy atom. The van der Waals surface area contributed by atoms with Crippen molar-refractivity contribution in [2.45, 2.75) is 19.1 Å². The molecule has 2 unspecified atom stereocenters. The van der Waals surface area contributed by atoms with Crippen LogP contribution in [0.3, 0.4) is 0 Å². The van der Waals surface area contributed by atoms with Crippen LogP contribution in [-0.2, 0) is 13.9 Å². The summed E-state index contributed by atoms with van der Waals surface area (Å²) in [5, 5.41) is 17.8. The van der Waals surface area contributed by atoms with Gasteiger partial charge in [-0.05, 0) is 6.92 Å². The number of aliphatic hydroxyl groups excluding tert-OH is 2. The number of Topliss-reactive ketones (excluding diaryl/α,β-unsaturated/α-hetero) is 1. The zero-order valence-corrected chi connectivity index (χ0v) is 7.72. The molecule has 8 heteroatoms. The third kappa shape index (κ3) is 5.87. The van der Waals surface area contributed by atoms with E-state index in [0.717, 1.165) is 6.92 Å². The van der Waals surface area contributed by atoms with Gasteiger partial charge in [0.2, 0.25) is 0 Å². The molecule has 0 heterocycles. The number of carbonyl (C=O) groups is 1. The average Bonchev–Trinajstić information content (AvgIpc) is 1.97. The van der Waals surface area contributed by atoms with Crippen molar-refractivity contribution in [3.63, 3.8) is 0 Å². The summed E-state index contributed by atoms with van der Waals surface area (Å²) >= 11 is 0. The summed E-state index contributed by atoms with van der Waals surface area (Å²) in [6.45, 7) is 0.233. The van der Waals surface area contributed by atoms with Crippen molar-refractivity contribution in [3.05, 3.63) is 0 Å². The standard InChI is InChI=1S/C5H11O7P/c1-3(6)5(8)4(7)2-12-13(9,10)11/h4-5,7-8H,2H2,1H3,(H2,9,10,11). The fourth-order valence-electron chi connectivity index (χ4n) is 0.536. The minimum absolute atomic E-state index is 0.707. The highest BCUT2D eigenvalue weighted by atomic mass is 31.2. The molecule has 0 aromatic heterocycles. The zero-order valence-electron chi connectivity index (χ0n) is 6.82. The fraction of sp³-hybridized carbons (Fsp3) is 0.800. The van der Waals surface area contributed by atoms with E-state index in [0.29, 0.717) is 0 Å². The van der Waals surface area contributed by atoms with Gasteiger partial charge in [0.1, 0.15) is 12.2 Å². The maximum atomic E-state index is 10.5. The highest BCUT2D eigenvalue weighted by molar-refractivity contribution is 7.46. The molecule has 2 atom stereocenters. The lowest BCUT2D eigenvalue weighted by molar-refractivity contribution is -0.132. The number of phosphoric acid groups is 1. The number of carbonyl (C=O) groups excluding carboxylic acids is 1. The molecule has 0 aliphatic carbocycles. The summed E-state index contributed by atoms with van der Waals surface area (Å²) < 4.78 is 14.0. The molecule has 0 amide bonds. The number of ketones is 1. The molecule has 78 valence electrons. The van der Waals surface area contributed by atoms with Crippen molar-refractivity contribution in [3.8, 4) is 0 Å². The van der Waals surface area contributed by atoms with Crippen LogP contribution in [0.15, 0.2) is 0 Å². The number of phosphoric ester groups is 1. The van der Waals surface area contributed by atoms with Crippen molar-refractivity contribution in [1.29, 1.82) is 0 Å². The van der Waals surface area contributed by atoms with E-state index in [1.54, 1.807) is 0 Å². The van der Waals surface area contributed by atoms with Crippen molar-refractivity contribution in [2.24, 2.45) is 0 Å². The molecule has 7 nitrogen and oxygen atoms in total. The second-order valence-electron chi connectivity index (χ2n) is 2.41. The lowest BCUT2D eigenvalue weighted by Crippen LogP contribution is -2.35. The Hall–Kier alpha value is -0.300. The van der Waals surface area contributed by atoms with E-state index < -0.39 is 32.4 Å². The van der Waals surface area contributed by atoms with Gasteiger partial charge in [0.05, 0.1) is 6.61 Å². The third-order valence-corrected chi connectivity index (χ3v) is 1.68. The number of rotatable bonds is 5. The Morgan fingerprint density at radius 1 is 1.46 bits per heavy atom. The lowest BCUT2D eigenvalue weighted by atomic mass is 10.1. The van der Waals surface area contributed by atoms with E-state index in [2.05, 4.69) is 4.52 Å². The van der Waals surface area contributed by atoms with Gasteiger partial charge in [-0.15, -0.1) is 0 Å². The minimum atomic E-state index is -4.67. The first-order valence-electron chi connectivity index (χ1n) is 3.30. The largest absolute Gasteiger partial charge is 0.469 e. The van der Waals surface area contributed by atoms with Gasteiger partial charge in [-0.25, -0.2) is 4.57 Å². The topological polar surface area (TPSA) is 124 Å². The predicted octanol–water partition coefficient (Wildman–Crippen LogP) is -1.59. The molecule has 0 rings (SSSR count). The van der Waals surface area contributed by atoms with Gasteiger partial charge in [-0.2, -0.15) is 0 Å². The van der Waals surface area contributed by atoms with Crippen LogP contribution in [0.25, 0.3) is 0 Å². The molecule has 0 aliphatic heterocycles. The summed E-state index contributed by atoms with van der Waals surface area (Å²) in [4.78, 5) is 26.8. The van der Waals surface area contributed by atoms with Gasteiger partial charge in [-0.3, -0.25) is 9.32 Å². The Kier molecular flexibility index (Phi) is 4.69. The Morgan fingerprint density at radius 2 is 1.92 bits per heavy atom. The van der Waals surface area contributed by atoms with Crippen molar-refractivity contribution in [1.82, 2.24) is 0 Å². The van der Waals surface area contributed by atoms with Crippen molar-refractivity contribution >= 4 is 13.6 Å². The molecule has 0 aliphatic rings. The maximum absolute atomic E-state index is 10.5. The van der Waals surface area contributed by atoms with E-state index in [9.17, 15) is 9.36 Å². The molecule has 0 aromatic rings. The molecule has 0 fully saturated rings. The van der Waals surface area contributed by atoms with Gasteiger partial charge < -0.3 is 20.0 Å². The Bertz CT molecular complexity index is 221. The Balaban J connectivity index is 3.95. The summed E-state index contributed by atoms with van der Waals surface area (Å²) in [5.41, 5.74) is 0. The van der Waals surface area contributed by atoms with Crippen LogP contribution < -0.4 is 0 Å². The van der Waals surface area contributed by atoms with E-state index in [1.807, 2.05) is 0 Å². The molecule has 0 saturated heterocycles. The van der Waals surface area contributed by atoms with Gasteiger partial charge >= 0.3 is 7.82 Å². The highest BCUT2D eigenvalue weighted by Gasteiger charge is 2.24. The lowest BCUT2D eigenvalue weighted by Gasteiger charge is -2.15. The molecular formula is C5H11O7P. The van der Waals surface area contributed by atoms with Crippen molar-refractivity contribution in [2.75, 3.05) is 6.61 Å². The molecular weight excluding hydrogens is 203 g/mol. The van der Waals surface area contributed by atoms with E-state index >= 15 is 0 Å². The first kappa shape index (κ1) is 12.7. The zero-order chi connectivity index (χ0) is 10.6. The van der Waals surface area contributed by atoms with Gasteiger partial charge in [-0.1, -0.05) is 0 Å². The van der Waals surface area contributed by atoms with Crippen LogP contribution in [0, 0.1) is 0 Å². The third-order valence-electron chi connectivity index (χ3n) is 1.19. The number of aliphatic hydroxyl groups is 2. The SMILES string of the molecule is CC(=O)C(O)C(O)COP(=O)(O)O. The molecule has 0 bridgehead atoms. The van der Waals surface area contributed by atoms with Crippen LogP contribution in [0.5, 0.6) is 0 Å². The summed E-state index contributed by atoms with van der Waals surface area (Å²) in [5.74, 6) is -0.707. The second-order valence-corrected chi connectivity index (χ2v) is 3.65. The molecule has 0 aromatic carbocycles. The second kappa shape index (κ2) is 4.80. The predicted molar refractivity (Wildman–Crippen MR) is 40.7 cm³/mol.